The van der Waals surface area contributed by atoms with Crippen molar-refractivity contribution in [1.82, 2.24) is 9.82 Å². The minimum absolute atomic E-state index is 0.0197. The van der Waals surface area contributed by atoms with Crippen molar-refractivity contribution in [2.24, 2.45) is 10.2 Å². The number of nitrogens with one attached hydrogen (secondary N) is 2. The molecule has 8 heteroatoms. The maximum Gasteiger partial charge on any atom is 0.222 e. The number of carbonyl (C=O) groups is 2. The van der Waals surface area contributed by atoms with E-state index in [1.165, 1.54) is 0 Å². The normalized spacial score (nSPS) is 14.0. The maximum absolute atomic E-state index is 13.1. The van der Waals surface area contributed by atoms with E-state index in [9.17, 15) is 9.59 Å². The van der Waals surface area contributed by atoms with Crippen LogP contribution in [0.3, 0.4) is 0 Å². The number of Topliss-reactive ketones (excluding diaryl/α,β-unsaturated/α-hetero) is 2. The van der Waals surface area contributed by atoms with Gasteiger partial charge in [0.1, 0.15) is 11.1 Å². The summed E-state index contributed by atoms with van der Waals surface area (Å²) in [7, 11) is 0. The smallest absolute Gasteiger partial charge is 0.222 e. The lowest BCUT2D eigenvalue weighted by molar-refractivity contribution is -0.114. The average molecular weight is 344 g/mol. The second kappa shape index (κ2) is 7.19. The van der Waals surface area contributed by atoms with Crippen molar-refractivity contribution < 1.29 is 9.59 Å². The van der Waals surface area contributed by atoms with Crippen LogP contribution in [-0.2, 0) is 9.59 Å². The van der Waals surface area contributed by atoms with E-state index in [2.05, 4.69) is 20.1 Å². The summed E-state index contributed by atoms with van der Waals surface area (Å²) in [6, 6.07) is 16.9. The van der Waals surface area contributed by atoms with Crippen molar-refractivity contribution in [3.8, 4) is 0 Å². The number of nitrogens with zero attached hydrogens (tertiary/aromatic N) is 4. The lowest BCUT2D eigenvalue weighted by atomic mass is 9.84. The number of allylic oxidation sites excluding steroid dienone is 2. The number of hydrogen-bond donors (Lipinski definition) is 2. The number of benzene rings is 2. The van der Waals surface area contributed by atoms with Gasteiger partial charge in [0.05, 0.1) is 11.1 Å². The summed E-state index contributed by atoms with van der Waals surface area (Å²) in [5, 5.41) is 7.18. The molecule has 0 aliphatic heterocycles. The molecule has 2 aromatic rings. The monoisotopic (exact) mass is 344 g/mol. The van der Waals surface area contributed by atoms with E-state index in [4.69, 9.17) is 11.1 Å². The predicted molar refractivity (Wildman–Crippen MR) is 91.3 cm³/mol. The molecule has 0 spiro atoms. The topological polar surface area (TPSA) is 135 Å². The van der Waals surface area contributed by atoms with Crippen LogP contribution < -0.4 is 9.82 Å². The molecule has 1 aliphatic carbocycles. The number of carbonyl (C=O) groups excluding carboxylic acids is 2. The van der Waals surface area contributed by atoms with Gasteiger partial charge < -0.3 is 0 Å². The van der Waals surface area contributed by atoms with Crippen LogP contribution in [0.4, 0.5) is 0 Å². The van der Waals surface area contributed by atoms with Gasteiger partial charge in [0.25, 0.3) is 0 Å². The molecule has 0 amide bonds. The van der Waals surface area contributed by atoms with E-state index in [0.717, 1.165) is 0 Å². The van der Waals surface area contributed by atoms with Gasteiger partial charge in [0.15, 0.2) is 10.2 Å². The fourth-order valence-electron chi connectivity index (χ4n) is 2.72. The highest BCUT2D eigenvalue weighted by atomic mass is 16.1. The largest absolute Gasteiger partial charge is 0.286 e. The quantitative estimate of drug-likeness (QED) is 0.501. The van der Waals surface area contributed by atoms with Crippen LogP contribution in [0.15, 0.2) is 82.3 Å². The van der Waals surface area contributed by atoms with Crippen molar-refractivity contribution >= 4 is 22.7 Å². The van der Waals surface area contributed by atoms with Gasteiger partial charge in [-0.15, -0.1) is 0 Å². The summed E-state index contributed by atoms with van der Waals surface area (Å²) in [4.78, 5) is 32.0. The van der Waals surface area contributed by atoms with Crippen molar-refractivity contribution in [3.05, 3.63) is 83.2 Å². The first-order valence-electron chi connectivity index (χ1n) is 7.52. The number of hydrogen-bond acceptors (Lipinski definition) is 6. The van der Waals surface area contributed by atoms with Crippen LogP contribution in [0.1, 0.15) is 11.1 Å². The highest BCUT2D eigenvalue weighted by Crippen LogP contribution is 2.36. The maximum atomic E-state index is 13.1. The molecule has 0 unspecified atom stereocenters. The highest BCUT2D eigenvalue weighted by molar-refractivity contribution is 6.47. The number of ketones is 2. The molecule has 0 radical (unpaired) electrons. The first kappa shape index (κ1) is 16.7. The molecule has 1 aliphatic rings. The predicted octanol–water partition coefficient (Wildman–Crippen LogP) is 3.06. The van der Waals surface area contributed by atoms with E-state index in [0.29, 0.717) is 11.1 Å². The zero-order valence-corrected chi connectivity index (χ0v) is 13.4. The summed E-state index contributed by atoms with van der Waals surface area (Å²) in [6.07, 6.45) is 0. The SMILES string of the molecule is N=[N+]=NC1=C(c2ccccc2)C(=O)C(N=[N+]=N)=C(c2ccccc2)C1=O. The van der Waals surface area contributed by atoms with Crippen LogP contribution in [-0.4, -0.2) is 11.6 Å². The van der Waals surface area contributed by atoms with Gasteiger partial charge in [0, 0.05) is 0 Å². The molecule has 2 aromatic carbocycles. The summed E-state index contributed by atoms with van der Waals surface area (Å²) < 4.78 is 0. The van der Waals surface area contributed by atoms with Crippen molar-refractivity contribution in [1.29, 1.82) is 11.1 Å². The van der Waals surface area contributed by atoms with E-state index >= 15 is 0 Å². The molecule has 0 aromatic heterocycles. The Balaban J connectivity index is 2.34. The molecule has 8 nitrogen and oxygen atoms in total. The first-order chi connectivity index (χ1) is 12.7. The Morgan fingerprint density at radius 2 is 0.962 bits per heavy atom. The molecule has 0 saturated heterocycles. The second-order valence-corrected chi connectivity index (χ2v) is 5.24. The van der Waals surface area contributed by atoms with Crippen LogP contribution in [0, 0.1) is 11.1 Å². The molecule has 0 saturated carbocycles. The third-order valence-corrected chi connectivity index (χ3v) is 3.78. The molecule has 0 atom stereocenters. The van der Waals surface area contributed by atoms with Gasteiger partial charge in [-0.2, -0.15) is 0 Å². The average Bonchev–Trinajstić information content (AvgIpc) is 2.68. The minimum Gasteiger partial charge on any atom is -0.286 e. The summed E-state index contributed by atoms with van der Waals surface area (Å²) in [6.45, 7) is 0. The molecular weight excluding hydrogens is 332 g/mol. The number of rotatable bonds is 4. The van der Waals surface area contributed by atoms with Crippen molar-refractivity contribution in [2.75, 3.05) is 0 Å². The molecule has 0 bridgehead atoms. The Morgan fingerprint density at radius 3 is 1.27 bits per heavy atom. The Labute approximate surface area is 147 Å². The molecule has 26 heavy (non-hydrogen) atoms. The molecule has 3 rings (SSSR count). The van der Waals surface area contributed by atoms with E-state index in [1.807, 2.05) is 0 Å². The molecule has 124 valence electrons. The van der Waals surface area contributed by atoms with Crippen molar-refractivity contribution in [3.63, 3.8) is 0 Å². The molecule has 0 fully saturated rings. The fraction of sp³-hybridized carbons (Fsp3) is 0. The van der Waals surface area contributed by atoms with Gasteiger partial charge in [-0.25, -0.2) is 0 Å². The van der Waals surface area contributed by atoms with Crippen molar-refractivity contribution in [2.45, 2.75) is 0 Å². The summed E-state index contributed by atoms with van der Waals surface area (Å²) in [5.41, 5.74) is 14.4. The second-order valence-electron chi connectivity index (χ2n) is 5.24. The summed E-state index contributed by atoms with van der Waals surface area (Å²) in [5.74, 6) is -1.21. The van der Waals surface area contributed by atoms with Crippen LogP contribution in [0.25, 0.3) is 11.1 Å². The van der Waals surface area contributed by atoms with E-state index < -0.39 is 11.6 Å². The van der Waals surface area contributed by atoms with Crippen LogP contribution >= 0.6 is 0 Å². The van der Waals surface area contributed by atoms with Crippen LogP contribution in [0.2, 0.25) is 0 Å². The molecular formula is C18H12N6O2+2. The molecule has 0 heterocycles. The van der Waals surface area contributed by atoms with Gasteiger partial charge in [-0.1, -0.05) is 60.7 Å². The lowest BCUT2D eigenvalue weighted by Gasteiger charge is -2.15. The third-order valence-electron chi connectivity index (χ3n) is 3.78. The fourth-order valence-corrected chi connectivity index (χ4v) is 2.72. The van der Waals surface area contributed by atoms with Gasteiger partial charge in [-0.3, -0.25) is 9.59 Å². The first-order valence-corrected chi connectivity index (χ1v) is 7.52. The zero-order chi connectivity index (χ0) is 18.5. The van der Waals surface area contributed by atoms with Gasteiger partial charge >= 0.3 is 0 Å². The third kappa shape index (κ3) is 2.85. The standard InChI is InChI=1S/C18H12N6O2/c19-23-21-15-13(11-7-3-1-4-8-11)17(25)16(22-24-20)14(18(15)26)12-9-5-2-6-10-12/h1-10,19-20H/q+2. The Hall–Kier alpha value is -4.12. The lowest BCUT2D eigenvalue weighted by Crippen LogP contribution is -2.21. The van der Waals surface area contributed by atoms with Gasteiger partial charge in [0.2, 0.25) is 32.8 Å². The minimum atomic E-state index is -0.604. The molecule has 2 N–H and O–H groups in total. The zero-order valence-electron chi connectivity index (χ0n) is 13.4. The van der Waals surface area contributed by atoms with Gasteiger partial charge in [-0.05, 0) is 11.1 Å². The summed E-state index contributed by atoms with van der Waals surface area (Å²) >= 11 is 0. The Bertz CT molecular complexity index is 970. The van der Waals surface area contributed by atoms with E-state index in [-0.39, 0.29) is 22.5 Å². The van der Waals surface area contributed by atoms with Crippen LogP contribution in [0.5, 0.6) is 0 Å². The highest BCUT2D eigenvalue weighted by Gasteiger charge is 2.40. The Morgan fingerprint density at radius 1 is 0.615 bits per heavy atom. The Kier molecular flexibility index (Phi) is 4.63. The van der Waals surface area contributed by atoms with E-state index in [1.54, 1.807) is 60.7 Å².